The molecule has 1 unspecified atom stereocenters. The van der Waals surface area contributed by atoms with Crippen molar-refractivity contribution < 1.29 is 18.0 Å². The van der Waals surface area contributed by atoms with E-state index >= 15 is 0 Å². The van der Waals surface area contributed by atoms with E-state index in [9.17, 15) is 18.0 Å². The molecular formula is C18H27F3N4O. The standard InChI is InChI=1S/C18H27F3N4O/c1-6-23-15(26)17(3,4)11-24-16(22-5)25-12(2)13-8-7-9-14(10-13)18(19,20)21/h7-10,12H,6,11H2,1-5H3,(H,23,26)(H2,22,24,25). The van der Waals surface area contributed by atoms with Crippen LogP contribution >= 0.6 is 0 Å². The highest BCUT2D eigenvalue weighted by molar-refractivity contribution is 5.84. The van der Waals surface area contributed by atoms with Crippen molar-refractivity contribution in [3.8, 4) is 0 Å². The van der Waals surface area contributed by atoms with Crippen molar-refractivity contribution in [2.75, 3.05) is 20.1 Å². The Bertz CT molecular complexity index is 642. The van der Waals surface area contributed by atoms with Crippen LogP contribution < -0.4 is 16.0 Å². The van der Waals surface area contributed by atoms with E-state index in [-0.39, 0.29) is 5.91 Å². The number of benzene rings is 1. The highest BCUT2D eigenvalue weighted by Crippen LogP contribution is 2.30. The van der Waals surface area contributed by atoms with Crippen molar-refractivity contribution in [2.45, 2.75) is 39.9 Å². The Balaban J connectivity index is 2.75. The maximum atomic E-state index is 12.9. The van der Waals surface area contributed by atoms with Crippen LogP contribution in [-0.2, 0) is 11.0 Å². The zero-order valence-corrected chi connectivity index (χ0v) is 15.8. The summed E-state index contributed by atoms with van der Waals surface area (Å²) in [6.45, 7) is 8.06. The maximum Gasteiger partial charge on any atom is 0.416 e. The molecule has 0 saturated heterocycles. The van der Waals surface area contributed by atoms with Gasteiger partial charge in [-0.2, -0.15) is 13.2 Å². The minimum absolute atomic E-state index is 0.0890. The van der Waals surface area contributed by atoms with Crippen LogP contribution in [-0.4, -0.2) is 32.0 Å². The van der Waals surface area contributed by atoms with Crippen LogP contribution in [0.5, 0.6) is 0 Å². The minimum Gasteiger partial charge on any atom is -0.356 e. The number of halogens is 3. The van der Waals surface area contributed by atoms with E-state index in [1.807, 2.05) is 6.92 Å². The highest BCUT2D eigenvalue weighted by atomic mass is 19.4. The van der Waals surface area contributed by atoms with Gasteiger partial charge in [0.15, 0.2) is 5.96 Å². The van der Waals surface area contributed by atoms with Crippen molar-refractivity contribution in [3.63, 3.8) is 0 Å². The molecule has 0 aliphatic carbocycles. The quantitative estimate of drug-likeness (QED) is 0.531. The van der Waals surface area contributed by atoms with Crippen LogP contribution in [0.25, 0.3) is 0 Å². The fourth-order valence-electron chi connectivity index (χ4n) is 2.25. The number of alkyl halides is 3. The van der Waals surface area contributed by atoms with Crippen LogP contribution in [0.3, 0.4) is 0 Å². The van der Waals surface area contributed by atoms with Crippen molar-refractivity contribution in [2.24, 2.45) is 10.4 Å². The fourth-order valence-corrected chi connectivity index (χ4v) is 2.25. The third-order valence-electron chi connectivity index (χ3n) is 3.94. The molecule has 0 aliphatic heterocycles. The maximum absolute atomic E-state index is 12.9. The molecule has 1 aromatic carbocycles. The molecule has 1 atom stereocenters. The second-order valence-corrected chi connectivity index (χ2v) is 6.66. The third kappa shape index (κ3) is 6.24. The van der Waals surface area contributed by atoms with Crippen molar-refractivity contribution in [1.29, 1.82) is 0 Å². The van der Waals surface area contributed by atoms with Crippen LogP contribution in [0, 0.1) is 5.41 Å². The second-order valence-electron chi connectivity index (χ2n) is 6.66. The van der Waals surface area contributed by atoms with Gasteiger partial charge in [0.05, 0.1) is 17.0 Å². The lowest BCUT2D eigenvalue weighted by molar-refractivity contribution is -0.137. The molecule has 1 amide bonds. The van der Waals surface area contributed by atoms with Gasteiger partial charge < -0.3 is 16.0 Å². The van der Waals surface area contributed by atoms with Gasteiger partial charge in [-0.25, -0.2) is 0 Å². The first kappa shape index (κ1) is 21.8. The van der Waals surface area contributed by atoms with E-state index in [4.69, 9.17) is 0 Å². The number of nitrogens with zero attached hydrogens (tertiary/aromatic N) is 1. The van der Waals surface area contributed by atoms with Gasteiger partial charge in [-0.05, 0) is 45.4 Å². The lowest BCUT2D eigenvalue weighted by Crippen LogP contribution is -2.48. The highest BCUT2D eigenvalue weighted by Gasteiger charge is 2.31. The second kappa shape index (κ2) is 8.91. The molecule has 0 fully saturated rings. The molecule has 1 rings (SSSR count). The molecule has 0 aromatic heterocycles. The molecule has 8 heteroatoms. The Kier molecular flexibility index (Phi) is 7.47. The van der Waals surface area contributed by atoms with Gasteiger partial charge in [-0.1, -0.05) is 12.1 Å². The summed E-state index contributed by atoms with van der Waals surface area (Å²) in [7, 11) is 1.56. The summed E-state index contributed by atoms with van der Waals surface area (Å²) in [5.74, 6) is 0.321. The van der Waals surface area contributed by atoms with Gasteiger partial charge >= 0.3 is 6.18 Å². The fraction of sp³-hybridized carbons (Fsp3) is 0.556. The molecule has 26 heavy (non-hydrogen) atoms. The molecule has 0 spiro atoms. The topological polar surface area (TPSA) is 65.5 Å². The Morgan fingerprint density at radius 2 is 1.88 bits per heavy atom. The largest absolute Gasteiger partial charge is 0.416 e. The van der Waals surface area contributed by atoms with E-state index in [1.165, 1.54) is 6.07 Å². The van der Waals surface area contributed by atoms with E-state index in [2.05, 4.69) is 20.9 Å². The summed E-state index contributed by atoms with van der Waals surface area (Å²) < 4.78 is 38.6. The third-order valence-corrected chi connectivity index (χ3v) is 3.94. The van der Waals surface area contributed by atoms with E-state index < -0.39 is 23.2 Å². The first-order valence-electron chi connectivity index (χ1n) is 8.44. The number of aliphatic imine (C=N–C) groups is 1. The molecule has 1 aromatic rings. The molecule has 146 valence electrons. The Morgan fingerprint density at radius 3 is 2.42 bits per heavy atom. The predicted octanol–water partition coefficient (Wildman–Crippen LogP) is 3.09. The van der Waals surface area contributed by atoms with Crippen LogP contribution in [0.4, 0.5) is 13.2 Å². The first-order valence-corrected chi connectivity index (χ1v) is 8.44. The zero-order valence-electron chi connectivity index (χ0n) is 15.8. The Morgan fingerprint density at radius 1 is 1.23 bits per heavy atom. The molecule has 0 saturated carbocycles. The first-order chi connectivity index (χ1) is 12.0. The average molecular weight is 372 g/mol. The van der Waals surface area contributed by atoms with Gasteiger partial charge in [0.25, 0.3) is 0 Å². The number of amides is 1. The number of hydrogen-bond donors (Lipinski definition) is 3. The van der Waals surface area contributed by atoms with E-state index in [0.717, 1.165) is 12.1 Å². The van der Waals surface area contributed by atoms with Crippen LogP contribution in [0.1, 0.15) is 44.9 Å². The van der Waals surface area contributed by atoms with Gasteiger partial charge in [0.1, 0.15) is 0 Å². The summed E-state index contributed by atoms with van der Waals surface area (Å²) >= 11 is 0. The van der Waals surface area contributed by atoms with Crippen molar-refractivity contribution in [1.82, 2.24) is 16.0 Å². The smallest absolute Gasteiger partial charge is 0.356 e. The molecule has 5 nitrogen and oxygen atoms in total. The molecule has 3 N–H and O–H groups in total. The van der Waals surface area contributed by atoms with Crippen LogP contribution in [0.15, 0.2) is 29.3 Å². The van der Waals surface area contributed by atoms with E-state index in [0.29, 0.717) is 24.6 Å². The average Bonchev–Trinajstić information content (AvgIpc) is 2.58. The number of guanidine groups is 1. The summed E-state index contributed by atoms with van der Waals surface area (Å²) in [6.07, 6.45) is -4.38. The predicted molar refractivity (Wildman–Crippen MR) is 96.8 cm³/mol. The number of hydrogen-bond acceptors (Lipinski definition) is 2. The number of rotatable bonds is 6. The molecule has 0 heterocycles. The lowest BCUT2D eigenvalue weighted by Gasteiger charge is -2.26. The lowest BCUT2D eigenvalue weighted by atomic mass is 9.92. The summed E-state index contributed by atoms with van der Waals surface area (Å²) in [5.41, 5.74) is -0.859. The van der Waals surface area contributed by atoms with Gasteiger partial charge in [0.2, 0.25) is 5.91 Å². The van der Waals surface area contributed by atoms with Gasteiger partial charge in [-0.3, -0.25) is 9.79 Å². The molecule has 0 aliphatic rings. The molecule has 0 radical (unpaired) electrons. The van der Waals surface area contributed by atoms with E-state index in [1.54, 1.807) is 33.9 Å². The van der Waals surface area contributed by atoms with Crippen LogP contribution in [0.2, 0.25) is 0 Å². The SMILES string of the molecule is CCNC(=O)C(C)(C)CNC(=NC)NC(C)c1cccc(C(F)(F)F)c1. The zero-order chi connectivity index (χ0) is 20.0. The Labute approximate surface area is 152 Å². The molecule has 0 bridgehead atoms. The summed E-state index contributed by atoms with van der Waals surface area (Å²) in [4.78, 5) is 16.1. The monoisotopic (exact) mass is 372 g/mol. The molecular weight excluding hydrogens is 345 g/mol. The van der Waals surface area contributed by atoms with Gasteiger partial charge in [-0.15, -0.1) is 0 Å². The summed E-state index contributed by atoms with van der Waals surface area (Å²) in [6, 6.07) is 4.77. The Hall–Kier alpha value is -2.25. The number of carbonyl (C=O) groups excluding carboxylic acids is 1. The normalized spacial score (nSPS) is 13.9. The summed E-state index contributed by atoms with van der Waals surface area (Å²) in [5, 5.41) is 8.86. The number of carbonyl (C=O) groups is 1. The minimum atomic E-state index is -4.38. The van der Waals surface area contributed by atoms with Crippen molar-refractivity contribution in [3.05, 3.63) is 35.4 Å². The van der Waals surface area contributed by atoms with Gasteiger partial charge in [0, 0.05) is 20.1 Å². The van der Waals surface area contributed by atoms with Crippen molar-refractivity contribution >= 4 is 11.9 Å². The number of nitrogens with one attached hydrogen (secondary N) is 3.